The Morgan fingerprint density at radius 2 is 1.45 bits per heavy atom. The number of alkyl carbamates (subject to hydrolysis) is 2. The van der Waals surface area contributed by atoms with E-state index in [0.29, 0.717) is 26.1 Å². The maximum absolute atomic E-state index is 11.9. The molecule has 2 fully saturated rings. The van der Waals surface area contributed by atoms with Gasteiger partial charge in [0, 0.05) is 13.1 Å². The van der Waals surface area contributed by atoms with Crippen molar-refractivity contribution in [2.45, 2.75) is 82.7 Å². The maximum atomic E-state index is 11.9. The van der Waals surface area contributed by atoms with Crippen molar-refractivity contribution < 1.29 is 23.9 Å². The predicted molar refractivity (Wildman–Crippen MR) is 108 cm³/mol. The molecular weight excluding hydrogens is 374 g/mol. The van der Waals surface area contributed by atoms with Gasteiger partial charge in [-0.2, -0.15) is 0 Å². The highest BCUT2D eigenvalue weighted by molar-refractivity contribution is 5.67. The molecule has 2 aliphatic carbocycles. The predicted octanol–water partition coefficient (Wildman–Crippen LogP) is 3.69. The van der Waals surface area contributed by atoms with E-state index in [9.17, 15) is 14.4 Å². The fourth-order valence-electron chi connectivity index (χ4n) is 4.41. The second-order valence-corrected chi connectivity index (χ2v) is 8.22. The molecule has 8 nitrogen and oxygen atoms in total. The summed E-state index contributed by atoms with van der Waals surface area (Å²) in [5, 5.41) is 5.35. The van der Waals surface area contributed by atoms with E-state index in [0.717, 1.165) is 63.2 Å². The van der Waals surface area contributed by atoms with Gasteiger partial charge in [-0.15, -0.1) is 0 Å². The molecule has 2 saturated carbocycles. The van der Waals surface area contributed by atoms with Gasteiger partial charge >= 0.3 is 12.2 Å². The first-order valence-electron chi connectivity index (χ1n) is 11.0. The van der Waals surface area contributed by atoms with Crippen molar-refractivity contribution in [3.8, 4) is 0 Å². The van der Waals surface area contributed by atoms with E-state index < -0.39 is 6.09 Å². The monoisotopic (exact) mass is 409 g/mol. The van der Waals surface area contributed by atoms with Gasteiger partial charge in [-0.25, -0.2) is 19.4 Å². The van der Waals surface area contributed by atoms with Crippen molar-refractivity contribution in [2.24, 2.45) is 16.8 Å². The number of amides is 2. The van der Waals surface area contributed by atoms with E-state index in [1.165, 1.54) is 13.5 Å². The van der Waals surface area contributed by atoms with Crippen molar-refractivity contribution in [3.05, 3.63) is 0 Å². The van der Waals surface area contributed by atoms with Gasteiger partial charge in [-0.05, 0) is 82.5 Å². The van der Waals surface area contributed by atoms with Crippen LogP contribution in [0.2, 0.25) is 0 Å². The van der Waals surface area contributed by atoms with Crippen LogP contribution in [0.5, 0.6) is 0 Å². The van der Waals surface area contributed by atoms with Gasteiger partial charge in [0.25, 0.3) is 0 Å². The molecule has 0 aliphatic heterocycles. The second-order valence-electron chi connectivity index (χ2n) is 8.22. The molecule has 2 aliphatic rings. The summed E-state index contributed by atoms with van der Waals surface area (Å²) in [7, 11) is 1.51. The normalized spacial score (nSPS) is 26.7. The molecule has 0 aromatic carbocycles. The number of hydrogen-bond acceptors (Lipinski definition) is 6. The van der Waals surface area contributed by atoms with Crippen LogP contribution in [0.3, 0.4) is 0 Å². The minimum atomic E-state index is -0.445. The minimum absolute atomic E-state index is 0.193. The standard InChI is InChI=1S/C21H35N3O5/c1-22-20(26)28-12-2-3-13-29-21(27)24-19-10-6-17(7-11-19)14-16-4-8-18(9-5-16)23-15-25/h16-19H,2-14H2,1H3,(H,22,26)(H,24,27). The van der Waals surface area contributed by atoms with Crippen LogP contribution in [0.4, 0.5) is 9.59 Å². The summed E-state index contributed by atoms with van der Waals surface area (Å²) < 4.78 is 10.1. The quantitative estimate of drug-likeness (QED) is 0.343. The maximum Gasteiger partial charge on any atom is 0.407 e. The largest absolute Gasteiger partial charge is 0.450 e. The van der Waals surface area contributed by atoms with E-state index in [-0.39, 0.29) is 18.2 Å². The van der Waals surface area contributed by atoms with Gasteiger partial charge in [0.1, 0.15) is 0 Å². The fraction of sp³-hybridized carbons (Fsp3) is 0.857. The van der Waals surface area contributed by atoms with Crippen LogP contribution in [0.25, 0.3) is 0 Å². The zero-order chi connectivity index (χ0) is 20.9. The lowest BCUT2D eigenvalue weighted by Crippen LogP contribution is -2.38. The van der Waals surface area contributed by atoms with E-state index in [1.54, 1.807) is 6.08 Å². The Hall–Kier alpha value is -2.08. The molecule has 0 saturated heterocycles. The molecule has 0 aromatic rings. The van der Waals surface area contributed by atoms with Crippen LogP contribution >= 0.6 is 0 Å². The topological polar surface area (TPSA) is 106 Å². The molecule has 29 heavy (non-hydrogen) atoms. The van der Waals surface area contributed by atoms with Crippen molar-refractivity contribution in [1.29, 1.82) is 0 Å². The Morgan fingerprint density at radius 1 is 0.897 bits per heavy atom. The van der Waals surface area contributed by atoms with Crippen LogP contribution in [-0.4, -0.2) is 50.6 Å². The summed E-state index contributed by atoms with van der Waals surface area (Å²) in [6.07, 6.45) is 12.1. The lowest BCUT2D eigenvalue weighted by Gasteiger charge is -2.33. The fourth-order valence-corrected chi connectivity index (χ4v) is 4.41. The van der Waals surface area contributed by atoms with E-state index in [1.807, 2.05) is 0 Å². The highest BCUT2D eigenvalue weighted by Crippen LogP contribution is 2.36. The molecular formula is C21H35N3O5. The molecule has 0 spiro atoms. The van der Waals surface area contributed by atoms with E-state index in [4.69, 9.17) is 9.47 Å². The van der Waals surface area contributed by atoms with Crippen LogP contribution in [0, 0.1) is 11.8 Å². The number of nitrogens with zero attached hydrogens (tertiary/aromatic N) is 1. The van der Waals surface area contributed by atoms with Crippen molar-refractivity contribution >= 4 is 18.3 Å². The molecule has 0 aromatic heterocycles. The average molecular weight is 410 g/mol. The zero-order valence-electron chi connectivity index (χ0n) is 17.5. The Morgan fingerprint density at radius 3 is 2.00 bits per heavy atom. The SMILES string of the molecule is CNC(=O)OCCCCOC(=O)NC1CCC(CC2CCC(N=C=O)CC2)CC1. The summed E-state index contributed by atoms with van der Waals surface area (Å²) in [6.45, 7) is 0.649. The number of carbonyl (C=O) groups excluding carboxylic acids is 3. The molecule has 2 N–H and O–H groups in total. The molecule has 0 bridgehead atoms. The zero-order valence-corrected chi connectivity index (χ0v) is 17.5. The number of rotatable bonds is 9. The smallest absolute Gasteiger partial charge is 0.407 e. The van der Waals surface area contributed by atoms with E-state index >= 15 is 0 Å². The summed E-state index contributed by atoms with van der Waals surface area (Å²) in [4.78, 5) is 37.0. The average Bonchev–Trinajstić information content (AvgIpc) is 2.73. The number of hydrogen-bond donors (Lipinski definition) is 2. The number of aliphatic imine (C=N–C) groups is 1. The molecule has 164 valence electrons. The molecule has 0 radical (unpaired) electrons. The minimum Gasteiger partial charge on any atom is -0.450 e. The van der Waals surface area contributed by atoms with Gasteiger partial charge in [0.15, 0.2) is 0 Å². The molecule has 0 atom stereocenters. The first-order chi connectivity index (χ1) is 14.1. The lowest BCUT2D eigenvalue weighted by molar-refractivity contribution is 0.124. The van der Waals surface area contributed by atoms with Gasteiger partial charge in [0.05, 0.1) is 19.3 Å². The van der Waals surface area contributed by atoms with Crippen LogP contribution < -0.4 is 10.6 Å². The van der Waals surface area contributed by atoms with Gasteiger partial charge < -0.3 is 20.1 Å². The van der Waals surface area contributed by atoms with Crippen LogP contribution in [-0.2, 0) is 14.3 Å². The Balaban J connectivity index is 1.50. The van der Waals surface area contributed by atoms with Crippen molar-refractivity contribution in [3.63, 3.8) is 0 Å². The first-order valence-corrected chi connectivity index (χ1v) is 11.0. The number of unbranched alkanes of at least 4 members (excludes halogenated alkanes) is 1. The lowest BCUT2D eigenvalue weighted by atomic mass is 9.76. The number of carbonyl (C=O) groups is 2. The van der Waals surface area contributed by atoms with Crippen molar-refractivity contribution in [1.82, 2.24) is 10.6 Å². The number of nitrogens with one attached hydrogen (secondary N) is 2. The molecule has 8 heteroatoms. The summed E-state index contributed by atoms with van der Waals surface area (Å²) in [6, 6.07) is 0.395. The van der Waals surface area contributed by atoms with Gasteiger partial charge in [-0.1, -0.05) is 0 Å². The highest BCUT2D eigenvalue weighted by Gasteiger charge is 2.27. The number of ether oxygens (including phenoxy) is 2. The van der Waals surface area contributed by atoms with Crippen molar-refractivity contribution in [2.75, 3.05) is 20.3 Å². The highest BCUT2D eigenvalue weighted by atomic mass is 16.6. The molecule has 0 heterocycles. The van der Waals surface area contributed by atoms with Gasteiger partial charge in [0.2, 0.25) is 6.08 Å². The second kappa shape index (κ2) is 13.2. The van der Waals surface area contributed by atoms with E-state index in [2.05, 4.69) is 15.6 Å². The van der Waals surface area contributed by atoms with Crippen LogP contribution in [0.1, 0.15) is 70.6 Å². The van der Waals surface area contributed by atoms with Gasteiger partial charge in [-0.3, -0.25) is 0 Å². The Labute approximate surface area is 173 Å². The Kier molecular flexibility index (Phi) is 10.6. The Bertz CT molecular complexity index is 549. The molecule has 2 amide bonds. The third kappa shape index (κ3) is 9.31. The summed E-state index contributed by atoms with van der Waals surface area (Å²) in [5.41, 5.74) is 0. The third-order valence-corrected chi connectivity index (χ3v) is 6.10. The summed E-state index contributed by atoms with van der Waals surface area (Å²) >= 11 is 0. The summed E-state index contributed by atoms with van der Waals surface area (Å²) in [5.74, 6) is 1.49. The van der Waals surface area contributed by atoms with Crippen LogP contribution in [0.15, 0.2) is 4.99 Å². The molecule has 2 rings (SSSR count). The first kappa shape index (κ1) is 23.2. The molecule has 0 unspecified atom stereocenters. The number of isocyanates is 1. The third-order valence-electron chi connectivity index (χ3n) is 6.10.